The molecule has 0 radical (unpaired) electrons. The molecule has 0 unspecified atom stereocenters. The van der Waals surface area contributed by atoms with Crippen molar-refractivity contribution in [2.45, 2.75) is 13.8 Å². The zero-order chi connectivity index (χ0) is 18.4. The first-order chi connectivity index (χ1) is 11.9. The Morgan fingerprint density at radius 3 is 2.52 bits per heavy atom. The van der Waals surface area contributed by atoms with Gasteiger partial charge in [0, 0.05) is 28.2 Å². The van der Waals surface area contributed by atoms with E-state index in [9.17, 15) is 9.59 Å². The lowest BCUT2D eigenvalue weighted by molar-refractivity contribution is -0.112. The highest BCUT2D eigenvalue weighted by molar-refractivity contribution is 6.31. The van der Waals surface area contributed by atoms with Gasteiger partial charge >= 0.3 is 0 Å². The van der Waals surface area contributed by atoms with E-state index >= 15 is 0 Å². The lowest BCUT2D eigenvalue weighted by Crippen LogP contribution is -2.36. The molecule has 0 aliphatic heterocycles. The normalized spacial score (nSPS) is 10.9. The summed E-state index contributed by atoms with van der Waals surface area (Å²) in [6.07, 6.45) is 1.33. The number of hydrogen-bond acceptors (Lipinski definition) is 4. The summed E-state index contributed by atoms with van der Waals surface area (Å²) < 4.78 is 0. The van der Waals surface area contributed by atoms with E-state index < -0.39 is 5.91 Å². The maximum Gasteiger partial charge on any atom is 0.271 e. The van der Waals surface area contributed by atoms with Crippen LogP contribution in [0.15, 0.2) is 54.2 Å². The first kappa shape index (κ1) is 18.4. The van der Waals surface area contributed by atoms with E-state index in [1.54, 1.807) is 49.4 Å². The van der Waals surface area contributed by atoms with Crippen molar-refractivity contribution < 1.29 is 9.59 Å². The van der Waals surface area contributed by atoms with Crippen LogP contribution in [0.1, 0.15) is 22.8 Å². The highest BCUT2D eigenvalue weighted by Gasteiger charge is 2.09. The minimum Gasteiger partial charge on any atom is -0.398 e. The number of carbonyl (C=O) groups is 2. The van der Waals surface area contributed by atoms with Crippen molar-refractivity contribution in [2.75, 3.05) is 11.1 Å². The Bertz CT molecular complexity index is 834. The van der Waals surface area contributed by atoms with Gasteiger partial charge in [-0.3, -0.25) is 15.0 Å². The smallest absolute Gasteiger partial charge is 0.271 e. The molecule has 0 atom stereocenters. The van der Waals surface area contributed by atoms with Crippen molar-refractivity contribution in [3.8, 4) is 0 Å². The number of amides is 2. The fourth-order valence-electron chi connectivity index (χ4n) is 2.07. The van der Waals surface area contributed by atoms with Crippen molar-refractivity contribution in [2.24, 2.45) is 0 Å². The van der Waals surface area contributed by atoms with Crippen LogP contribution in [-0.2, 0) is 4.79 Å². The Morgan fingerprint density at radius 2 is 1.80 bits per heavy atom. The highest BCUT2D eigenvalue weighted by atomic mass is 35.5. The molecule has 0 fully saturated rings. The number of nitrogens with one attached hydrogen (secondary N) is 3. The molecule has 25 heavy (non-hydrogen) atoms. The van der Waals surface area contributed by atoms with Crippen LogP contribution in [0.2, 0.25) is 5.02 Å². The lowest BCUT2D eigenvalue weighted by Gasteiger charge is -2.11. The standard InChI is InChI=1S/C18H19ClN4O2/c1-11(22-23-18(25)13-6-3-4-8-15(13)20)10-17(24)21-16-9-5-7-14(19)12(16)2/h3-10,22H,20H2,1-2H3,(H,21,24)(H,23,25). The third-order valence-electron chi connectivity index (χ3n) is 3.45. The van der Waals surface area contributed by atoms with E-state index in [0.717, 1.165) is 5.56 Å². The fraction of sp³-hybridized carbons (Fsp3) is 0.111. The number of para-hydroxylation sites is 1. The van der Waals surface area contributed by atoms with E-state index in [4.69, 9.17) is 17.3 Å². The lowest BCUT2D eigenvalue weighted by atomic mass is 10.2. The molecule has 5 N–H and O–H groups in total. The molecule has 6 nitrogen and oxygen atoms in total. The zero-order valence-electron chi connectivity index (χ0n) is 13.9. The second kappa shape index (κ2) is 8.21. The third-order valence-corrected chi connectivity index (χ3v) is 3.86. The van der Waals surface area contributed by atoms with Crippen LogP contribution in [0.25, 0.3) is 0 Å². The van der Waals surface area contributed by atoms with Crippen molar-refractivity contribution in [1.82, 2.24) is 10.9 Å². The van der Waals surface area contributed by atoms with Gasteiger partial charge in [0.1, 0.15) is 0 Å². The second-order valence-electron chi connectivity index (χ2n) is 5.40. The molecule has 0 bridgehead atoms. The Labute approximate surface area is 151 Å². The van der Waals surface area contributed by atoms with Crippen molar-refractivity contribution >= 4 is 34.8 Å². The molecule has 0 spiro atoms. The van der Waals surface area contributed by atoms with Crippen LogP contribution in [-0.4, -0.2) is 11.8 Å². The Balaban J connectivity index is 1.95. The van der Waals surface area contributed by atoms with E-state index in [1.165, 1.54) is 6.08 Å². The Hall–Kier alpha value is -2.99. The number of halogens is 1. The van der Waals surface area contributed by atoms with Crippen LogP contribution in [0, 0.1) is 6.92 Å². The van der Waals surface area contributed by atoms with Crippen LogP contribution < -0.4 is 21.9 Å². The van der Waals surface area contributed by atoms with Gasteiger partial charge in [-0.05, 0) is 43.7 Å². The fourth-order valence-corrected chi connectivity index (χ4v) is 2.25. The van der Waals surface area contributed by atoms with Gasteiger partial charge in [-0.1, -0.05) is 29.8 Å². The summed E-state index contributed by atoms with van der Waals surface area (Å²) in [6, 6.07) is 12.0. The average Bonchev–Trinajstić information content (AvgIpc) is 2.57. The Morgan fingerprint density at radius 1 is 1.08 bits per heavy atom. The van der Waals surface area contributed by atoms with Crippen LogP contribution in [0.5, 0.6) is 0 Å². The third kappa shape index (κ3) is 4.99. The van der Waals surface area contributed by atoms with E-state index in [-0.39, 0.29) is 5.91 Å². The van der Waals surface area contributed by atoms with Crippen LogP contribution >= 0.6 is 11.6 Å². The van der Waals surface area contributed by atoms with E-state index in [2.05, 4.69) is 16.2 Å². The number of allylic oxidation sites excluding steroid dienone is 1. The largest absolute Gasteiger partial charge is 0.398 e. The molecular formula is C18H19ClN4O2. The summed E-state index contributed by atoms with van der Waals surface area (Å²) >= 11 is 6.02. The summed E-state index contributed by atoms with van der Waals surface area (Å²) in [5.74, 6) is -0.735. The summed E-state index contributed by atoms with van der Waals surface area (Å²) in [7, 11) is 0. The van der Waals surface area contributed by atoms with Crippen molar-refractivity contribution in [1.29, 1.82) is 0 Å². The monoisotopic (exact) mass is 358 g/mol. The molecule has 0 aromatic heterocycles. The summed E-state index contributed by atoms with van der Waals surface area (Å²) in [5.41, 5.74) is 13.5. The van der Waals surface area contributed by atoms with Gasteiger partial charge in [0.05, 0.1) is 5.56 Å². The van der Waals surface area contributed by atoms with Gasteiger partial charge in [0.25, 0.3) is 5.91 Å². The molecule has 2 amide bonds. The number of nitrogens with two attached hydrogens (primary N) is 1. The van der Waals surface area contributed by atoms with Crippen molar-refractivity contribution in [3.63, 3.8) is 0 Å². The predicted molar refractivity (Wildman–Crippen MR) is 100 cm³/mol. The highest BCUT2D eigenvalue weighted by Crippen LogP contribution is 2.22. The molecule has 2 aromatic rings. The van der Waals surface area contributed by atoms with Gasteiger partial charge in [-0.2, -0.15) is 0 Å². The van der Waals surface area contributed by atoms with Crippen LogP contribution in [0.3, 0.4) is 0 Å². The second-order valence-corrected chi connectivity index (χ2v) is 5.80. The topological polar surface area (TPSA) is 96.2 Å². The van der Waals surface area contributed by atoms with Crippen molar-refractivity contribution in [3.05, 3.63) is 70.4 Å². The molecule has 130 valence electrons. The van der Waals surface area contributed by atoms with Gasteiger partial charge < -0.3 is 16.5 Å². The average molecular weight is 359 g/mol. The molecule has 7 heteroatoms. The molecule has 0 aliphatic rings. The van der Waals surface area contributed by atoms with Gasteiger partial charge in [0.2, 0.25) is 5.91 Å². The number of benzene rings is 2. The SMILES string of the molecule is CC(=CC(=O)Nc1cccc(Cl)c1C)NNC(=O)c1ccccc1N. The predicted octanol–water partition coefficient (Wildman–Crippen LogP) is 3.01. The zero-order valence-corrected chi connectivity index (χ0v) is 14.6. The number of anilines is 2. The molecule has 0 saturated carbocycles. The maximum absolute atomic E-state index is 12.1. The minimum atomic E-state index is -0.392. The number of hydrazine groups is 1. The first-order valence-electron chi connectivity index (χ1n) is 7.53. The number of hydrogen-bond donors (Lipinski definition) is 4. The minimum absolute atomic E-state index is 0.344. The molecule has 2 rings (SSSR count). The number of carbonyl (C=O) groups excluding carboxylic acids is 2. The summed E-state index contributed by atoms with van der Waals surface area (Å²) in [6.45, 7) is 3.47. The summed E-state index contributed by atoms with van der Waals surface area (Å²) in [4.78, 5) is 24.1. The molecular weight excluding hydrogens is 340 g/mol. The maximum atomic E-state index is 12.1. The quantitative estimate of drug-likeness (QED) is 0.375. The van der Waals surface area contributed by atoms with Crippen LogP contribution in [0.4, 0.5) is 11.4 Å². The van der Waals surface area contributed by atoms with E-state index in [0.29, 0.717) is 27.7 Å². The van der Waals surface area contributed by atoms with Gasteiger partial charge in [-0.25, -0.2) is 0 Å². The molecule has 0 heterocycles. The number of rotatable bonds is 5. The molecule has 0 saturated heterocycles. The van der Waals surface area contributed by atoms with Gasteiger partial charge in [-0.15, -0.1) is 0 Å². The van der Waals surface area contributed by atoms with Gasteiger partial charge in [0.15, 0.2) is 0 Å². The van der Waals surface area contributed by atoms with E-state index in [1.807, 2.05) is 6.92 Å². The first-order valence-corrected chi connectivity index (χ1v) is 7.91. The molecule has 2 aromatic carbocycles. The summed E-state index contributed by atoms with van der Waals surface area (Å²) in [5, 5.41) is 3.31. The number of nitrogen functional groups attached to an aromatic ring is 1. The Kier molecular flexibility index (Phi) is 6.03. The molecule has 0 aliphatic carbocycles.